The van der Waals surface area contributed by atoms with E-state index < -0.39 is 17.7 Å². The quantitative estimate of drug-likeness (QED) is 0.282. The molecule has 3 aromatic rings. The Morgan fingerprint density at radius 2 is 1.63 bits per heavy atom. The number of hydrogen-bond donors (Lipinski definition) is 1. The minimum Gasteiger partial charge on any atom is -0.507 e. The van der Waals surface area contributed by atoms with E-state index in [2.05, 4.69) is 0 Å². The summed E-state index contributed by atoms with van der Waals surface area (Å²) in [5.74, 6) is -0.595. The van der Waals surface area contributed by atoms with Crippen LogP contribution in [0.4, 0.5) is 5.69 Å². The number of ketones is 1. The van der Waals surface area contributed by atoms with Crippen molar-refractivity contribution in [1.29, 1.82) is 0 Å². The van der Waals surface area contributed by atoms with E-state index in [4.69, 9.17) is 9.47 Å². The van der Waals surface area contributed by atoms with Crippen molar-refractivity contribution >= 4 is 23.1 Å². The summed E-state index contributed by atoms with van der Waals surface area (Å²) in [4.78, 5) is 28.2. The highest BCUT2D eigenvalue weighted by molar-refractivity contribution is 6.51. The number of rotatable bonds is 6. The van der Waals surface area contributed by atoms with Gasteiger partial charge in [0.1, 0.15) is 17.3 Å². The summed E-state index contributed by atoms with van der Waals surface area (Å²) in [6.45, 7) is 7.64. The molecule has 1 saturated heterocycles. The van der Waals surface area contributed by atoms with Gasteiger partial charge in [-0.25, -0.2) is 0 Å². The van der Waals surface area contributed by atoms with Crippen LogP contribution in [0, 0.1) is 13.8 Å². The molecule has 0 aliphatic carbocycles. The molecule has 3 aromatic carbocycles. The van der Waals surface area contributed by atoms with Crippen LogP contribution in [0.3, 0.4) is 0 Å². The fourth-order valence-electron chi connectivity index (χ4n) is 4.55. The monoisotopic (exact) mass is 471 g/mol. The standard InChI is InChI=1S/C29H29NO5/c1-17(2)35-22-13-11-21(12-14-22)30-25(20-9-7-6-8-10-20)24(27(32)29(30)33)26(31)23-16-18(3)15-19(4)28(23)34-5/h6-17,25,31H,1-5H3/b26-24+. The van der Waals surface area contributed by atoms with E-state index in [0.717, 1.165) is 11.1 Å². The second-order valence-electron chi connectivity index (χ2n) is 8.90. The third-order valence-electron chi connectivity index (χ3n) is 5.92. The molecule has 0 radical (unpaired) electrons. The van der Waals surface area contributed by atoms with E-state index in [1.54, 1.807) is 30.3 Å². The lowest BCUT2D eigenvalue weighted by molar-refractivity contribution is -0.132. The van der Waals surface area contributed by atoms with Crippen molar-refractivity contribution in [2.45, 2.75) is 39.8 Å². The Balaban J connectivity index is 1.92. The van der Waals surface area contributed by atoms with Crippen LogP contribution >= 0.6 is 0 Å². The van der Waals surface area contributed by atoms with Crippen LogP contribution in [0.2, 0.25) is 0 Å². The summed E-state index contributed by atoms with van der Waals surface area (Å²) in [6, 6.07) is 19.1. The number of nitrogens with zero attached hydrogens (tertiary/aromatic N) is 1. The maximum absolute atomic E-state index is 13.4. The Bertz CT molecular complexity index is 1290. The van der Waals surface area contributed by atoms with E-state index in [0.29, 0.717) is 28.3 Å². The predicted octanol–water partition coefficient (Wildman–Crippen LogP) is 5.73. The number of Topliss-reactive ketones (excluding diaryl/α,β-unsaturated/α-hetero) is 1. The number of benzene rings is 3. The topological polar surface area (TPSA) is 76.1 Å². The fourth-order valence-corrected chi connectivity index (χ4v) is 4.55. The first kappa shape index (κ1) is 24.1. The summed E-state index contributed by atoms with van der Waals surface area (Å²) in [5, 5.41) is 11.5. The zero-order valence-electron chi connectivity index (χ0n) is 20.5. The molecule has 1 amide bonds. The molecular weight excluding hydrogens is 442 g/mol. The largest absolute Gasteiger partial charge is 0.507 e. The molecule has 6 heteroatoms. The van der Waals surface area contributed by atoms with E-state index in [1.807, 2.05) is 64.1 Å². The van der Waals surface area contributed by atoms with Crippen molar-refractivity contribution in [3.05, 3.63) is 94.6 Å². The van der Waals surface area contributed by atoms with Gasteiger partial charge in [0.25, 0.3) is 11.7 Å². The van der Waals surface area contributed by atoms with Gasteiger partial charge in [-0.05, 0) is 74.7 Å². The summed E-state index contributed by atoms with van der Waals surface area (Å²) in [6.07, 6.45) is 0.00663. The molecule has 1 aliphatic rings. The molecule has 180 valence electrons. The van der Waals surface area contributed by atoms with Crippen molar-refractivity contribution in [3.8, 4) is 11.5 Å². The maximum Gasteiger partial charge on any atom is 0.300 e. The smallest absolute Gasteiger partial charge is 0.300 e. The van der Waals surface area contributed by atoms with Crippen LogP contribution in [0.25, 0.3) is 5.76 Å². The molecule has 0 bridgehead atoms. The molecule has 1 N–H and O–H groups in total. The summed E-state index contributed by atoms with van der Waals surface area (Å²) >= 11 is 0. The van der Waals surface area contributed by atoms with Crippen molar-refractivity contribution < 1.29 is 24.2 Å². The number of aliphatic hydroxyl groups excluding tert-OH is 1. The number of amides is 1. The minimum atomic E-state index is -0.807. The molecule has 0 saturated carbocycles. The molecule has 1 heterocycles. The van der Waals surface area contributed by atoms with Crippen LogP contribution in [-0.2, 0) is 9.59 Å². The van der Waals surface area contributed by atoms with Gasteiger partial charge in [-0.2, -0.15) is 0 Å². The van der Waals surface area contributed by atoms with Gasteiger partial charge < -0.3 is 14.6 Å². The number of carbonyl (C=O) groups is 2. The highest BCUT2D eigenvalue weighted by atomic mass is 16.5. The number of aliphatic hydroxyl groups is 1. The highest BCUT2D eigenvalue weighted by Gasteiger charge is 2.47. The number of ether oxygens (including phenoxy) is 2. The summed E-state index contributed by atoms with van der Waals surface area (Å²) < 4.78 is 11.3. The molecule has 1 atom stereocenters. The van der Waals surface area contributed by atoms with Crippen LogP contribution in [-0.4, -0.2) is 30.0 Å². The van der Waals surface area contributed by atoms with Crippen molar-refractivity contribution in [2.75, 3.05) is 12.0 Å². The van der Waals surface area contributed by atoms with Gasteiger partial charge in [-0.1, -0.05) is 36.4 Å². The number of aryl methyl sites for hydroxylation is 2. The van der Waals surface area contributed by atoms with Gasteiger partial charge in [0.2, 0.25) is 0 Å². The van der Waals surface area contributed by atoms with Crippen LogP contribution in [0.15, 0.2) is 72.3 Å². The Hall–Kier alpha value is -4.06. The maximum atomic E-state index is 13.4. The van der Waals surface area contributed by atoms with Crippen molar-refractivity contribution in [1.82, 2.24) is 0 Å². The first-order valence-electron chi connectivity index (χ1n) is 11.5. The fraction of sp³-hybridized carbons (Fsp3) is 0.241. The molecule has 4 rings (SSSR count). The van der Waals surface area contributed by atoms with E-state index in [1.165, 1.54) is 12.0 Å². The van der Waals surface area contributed by atoms with Crippen molar-refractivity contribution in [3.63, 3.8) is 0 Å². The summed E-state index contributed by atoms with van der Waals surface area (Å²) in [7, 11) is 1.52. The SMILES string of the molecule is COc1c(C)cc(C)cc1/C(O)=C1\C(=O)C(=O)N(c2ccc(OC(C)C)cc2)C1c1ccccc1. The molecule has 35 heavy (non-hydrogen) atoms. The molecule has 0 aromatic heterocycles. The molecule has 1 fully saturated rings. The van der Waals surface area contributed by atoms with Gasteiger partial charge in [0.15, 0.2) is 0 Å². The molecular formula is C29H29NO5. The Kier molecular flexibility index (Phi) is 6.65. The van der Waals surface area contributed by atoms with Crippen LogP contribution < -0.4 is 14.4 Å². The number of carbonyl (C=O) groups excluding carboxylic acids is 2. The Morgan fingerprint density at radius 3 is 2.23 bits per heavy atom. The zero-order chi connectivity index (χ0) is 25.3. The lowest BCUT2D eigenvalue weighted by Crippen LogP contribution is -2.29. The van der Waals surface area contributed by atoms with E-state index >= 15 is 0 Å². The first-order chi connectivity index (χ1) is 16.7. The number of methoxy groups -OCH3 is 1. The second kappa shape index (κ2) is 9.66. The Labute approximate surface area is 205 Å². The van der Waals surface area contributed by atoms with Crippen molar-refractivity contribution in [2.24, 2.45) is 0 Å². The van der Waals surface area contributed by atoms with Crippen LogP contribution in [0.5, 0.6) is 11.5 Å². The summed E-state index contributed by atoms with van der Waals surface area (Å²) in [5.41, 5.74) is 3.36. The van der Waals surface area contributed by atoms with Gasteiger partial charge in [-0.15, -0.1) is 0 Å². The molecule has 1 unspecified atom stereocenters. The normalized spacial score (nSPS) is 17.2. The third-order valence-corrected chi connectivity index (χ3v) is 5.92. The van der Waals surface area contributed by atoms with Gasteiger partial charge in [0.05, 0.1) is 30.4 Å². The van der Waals surface area contributed by atoms with E-state index in [9.17, 15) is 14.7 Å². The lowest BCUT2D eigenvalue weighted by Gasteiger charge is -2.26. The highest BCUT2D eigenvalue weighted by Crippen LogP contribution is 2.44. The Morgan fingerprint density at radius 1 is 0.971 bits per heavy atom. The van der Waals surface area contributed by atoms with Gasteiger partial charge in [-0.3, -0.25) is 14.5 Å². The second-order valence-corrected chi connectivity index (χ2v) is 8.90. The minimum absolute atomic E-state index is 0.00663. The van der Waals surface area contributed by atoms with Crippen LogP contribution in [0.1, 0.15) is 42.1 Å². The molecule has 6 nitrogen and oxygen atoms in total. The van der Waals surface area contributed by atoms with Gasteiger partial charge in [0, 0.05) is 5.69 Å². The lowest BCUT2D eigenvalue weighted by atomic mass is 9.93. The average molecular weight is 472 g/mol. The number of anilines is 1. The first-order valence-corrected chi connectivity index (χ1v) is 11.5. The zero-order valence-corrected chi connectivity index (χ0v) is 20.5. The van der Waals surface area contributed by atoms with E-state index in [-0.39, 0.29) is 17.4 Å². The van der Waals surface area contributed by atoms with Gasteiger partial charge >= 0.3 is 0 Å². The predicted molar refractivity (Wildman–Crippen MR) is 136 cm³/mol. The molecule has 1 aliphatic heterocycles. The number of hydrogen-bond acceptors (Lipinski definition) is 5. The molecule has 0 spiro atoms. The average Bonchev–Trinajstić information content (AvgIpc) is 3.09. The third kappa shape index (κ3) is 4.52.